The van der Waals surface area contributed by atoms with Crippen molar-refractivity contribution in [1.29, 1.82) is 0 Å². The first-order valence-electron chi connectivity index (χ1n) is 6.95. The number of benzene rings is 1. The van der Waals surface area contributed by atoms with Crippen LogP contribution in [0.3, 0.4) is 0 Å². The molecule has 22 heavy (non-hydrogen) atoms. The second-order valence-corrected chi connectivity index (χ2v) is 5.30. The zero-order valence-corrected chi connectivity index (χ0v) is 11.9. The number of amides is 1. The number of carboxylic acid groups (broad SMARTS) is 1. The highest BCUT2D eigenvalue weighted by Crippen LogP contribution is 2.39. The normalized spacial score (nSPS) is 21.1. The van der Waals surface area contributed by atoms with Gasteiger partial charge in [0.15, 0.2) is 5.82 Å². The third-order valence-corrected chi connectivity index (χ3v) is 3.68. The number of nitrogens with one attached hydrogen (secondary N) is 1. The number of aromatic nitrogens is 4. The number of carbonyl (C=O) groups excluding carboxylic acids is 1. The van der Waals surface area contributed by atoms with Crippen LogP contribution in [0.5, 0.6) is 0 Å². The van der Waals surface area contributed by atoms with Crippen molar-refractivity contribution >= 4 is 11.9 Å². The van der Waals surface area contributed by atoms with Gasteiger partial charge in [-0.25, -0.2) is 0 Å². The van der Waals surface area contributed by atoms with Gasteiger partial charge in [-0.15, -0.1) is 5.10 Å². The molecule has 2 N–H and O–H groups in total. The summed E-state index contributed by atoms with van der Waals surface area (Å²) < 4.78 is 1.55. The smallest absolute Gasteiger partial charge is 0.307 e. The number of carbonyl (C=O) groups is 2. The molecule has 3 atom stereocenters. The summed E-state index contributed by atoms with van der Waals surface area (Å²) in [4.78, 5) is 22.8. The maximum Gasteiger partial charge on any atom is 0.307 e. The minimum absolute atomic E-state index is 0.275. The first-order valence-corrected chi connectivity index (χ1v) is 6.95. The van der Waals surface area contributed by atoms with Gasteiger partial charge in [0, 0.05) is 0 Å². The highest BCUT2D eigenvalue weighted by molar-refractivity contribution is 5.89. The minimum Gasteiger partial charge on any atom is -0.481 e. The average Bonchev–Trinajstić information content (AvgIpc) is 3.17. The highest BCUT2D eigenvalue weighted by atomic mass is 16.4. The van der Waals surface area contributed by atoms with Crippen molar-refractivity contribution in [2.45, 2.75) is 19.4 Å². The van der Waals surface area contributed by atoms with E-state index in [4.69, 9.17) is 5.11 Å². The van der Waals surface area contributed by atoms with Gasteiger partial charge in [0.2, 0.25) is 5.91 Å². The SMILES string of the molecule is C[C@H](NC(=O)[C@@H]1C[C@H]1C(=O)O)c1nnnn1-c1ccccc1. The van der Waals surface area contributed by atoms with E-state index in [-0.39, 0.29) is 5.91 Å². The molecule has 1 fully saturated rings. The molecule has 0 radical (unpaired) electrons. The third-order valence-electron chi connectivity index (χ3n) is 3.68. The summed E-state index contributed by atoms with van der Waals surface area (Å²) in [5, 5.41) is 23.2. The Morgan fingerprint density at radius 2 is 2.05 bits per heavy atom. The Kier molecular flexibility index (Phi) is 3.58. The van der Waals surface area contributed by atoms with E-state index in [0.29, 0.717) is 12.2 Å². The molecule has 0 unspecified atom stereocenters. The fourth-order valence-electron chi connectivity index (χ4n) is 2.36. The van der Waals surface area contributed by atoms with Crippen LogP contribution in [0.2, 0.25) is 0 Å². The van der Waals surface area contributed by atoms with E-state index in [2.05, 4.69) is 20.8 Å². The quantitative estimate of drug-likeness (QED) is 0.835. The van der Waals surface area contributed by atoms with Crippen molar-refractivity contribution in [3.63, 3.8) is 0 Å². The fourth-order valence-corrected chi connectivity index (χ4v) is 2.36. The Bertz CT molecular complexity index is 700. The van der Waals surface area contributed by atoms with Crippen molar-refractivity contribution in [1.82, 2.24) is 25.5 Å². The predicted octanol–water partition coefficient (Wildman–Crippen LogP) is 0.560. The molecule has 1 heterocycles. The largest absolute Gasteiger partial charge is 0.481 e. The van der Waals surface area contributed by atoms with Gasteiger partial charge in [0.1, 0.15) is 0 Å². The topological polar surface area (TPSA) is 110 Å². The average molecular weight is 301 g/mol. The number of carboxylic acids is 1. The molecule has 0 bridgehead atoms. The fraction of sp³-hybridized carbons (Fsp3) is 0.357. The Balaban J connectivity index is 1.72. The van der Waals surface area contributed by atoms with Gasteiger partial charge in [0.25, 0.3) is 0 Å². The van der Waals surface area contributed by atoms with Crippen LogP contribution in [0.15, 0.2) is 30.3 Å². The molecule has 1 aromatic heterocycles. The first kappa shape index (κ1) is 14.2. The Morgan fingerprint density at radius 3 is 2.68 bits per heavy atom. The first-order chi connectivity index (χ1) is 10.6. The lowest BCUT2D eigenvalue weighted by atomic mass is 10.2. The van der Waals surface area contributed by atoms with Crippen LogP contribution in [0.25, 0.3) is 5.69 Å². The van der Waals surface area contributed by atoms with Crippen LogP contribution in [0.4, 0.5) is 0 Å². The molecule has 0 saturated heterocycles. The summed E-state index contributed by atoms with van der Waals surface area (Å²) in [6, 6.07) is 8.92. The summed E-state index contributed by atoms with van der Waals surface area (Å²) in [5.41, 5.74) is 0.790. The van der Waals surface area contributed by atoms with Gasteiger partial charge in [0.05, 0.1) is 23.6 Å². The van der Waals surface area contributed by atoms with Gasteiger partial charge in [-0.2, -0.15) is 4.68 Å². The van der Waals surface area contributed by atoms with Crippen molar-refractivity contribution in [3.05, 3.63) is 36.2 Å². The van der Waals surface area contributed by atoms with E-state index in [1.807, 2.05) is 30.3 Å². The number of tetrazole rings is 1. The van der Waals surface area contributed by atoms with E-state index in [9.17, 15) is 9.59 Å². The van der Waals surface area contributed by atoms with Gasteiger partial charge in [-0.05, 0) is 35.9 Å². The lowest BCUT2D eigenvalue weighted by Crippen LogP contribution is -2.30. The monoisotopic (exact) mass is 301 g/mol. The lowest BCUT2D eigenvalue weighted by Gasteiger charge is -2.13. The Morgan fingerprint density at radius 1 is 1.32 bits per heavy atom. The third kappa shape index (κ3) is 2.67. The molecule has 8 nitrogen and oxygen atoms in total. The molecular formula is C14H15N5O3. The van der Waals surface area contributed by atoms with Crippen LogP contribution in [0.1, 0.15) is 25.2 Å². The highest BCUT2D eigenvalue weighted by Gasteiger charge is 2.48. The minimum atomic E-state index is -0.929. The van der Waals surface area contributed by atoms with Crippen molar-refractivity contribution < 1.29 is 14.7 Å². The molecule has 1 aliphatic carbocycles. The number of nitrogens with zero attached hydrogens (tertiary/aromatic N) is 4. The zero-order chi connectivity index (χ0) is 15.7. The van der Waals surface area contributed by atoms with Crippen LogP contribution in [0, 0.1) is 11.8 Å². The van der Waals surface area contributed by atoms with Crippen molar-refractivity contribution in [2.75, 3.05) is 0 Å². The van der Waals surface area contributed by atoms with Crippen molar-refractivity contribution in [2.24, 2.45) is 11.8 Å². The predicted molar refractivity (Wildman–Crippen MR) is 74.9 cm³/mol. The molecule has 8 heteroatoms. The van der Waals surface area contributed by atoms with Gasteiger partial charge < -0.3 is 10.4 Å². The number of aliphatic carboxylic acids is 1. The lowest BCUT2D eigenvalue weighted by molar-refractivity contribution is -0.140. The standard InChI is InChI=1S/C14H15N5O3/c1-8(15-13(20)10-7-11(10)14(21)22)12-16-17-18-19(12)9-5-3-2-4-6-9/h2-6,8,10-11H,7H2,1H3,(H,15,20)(H,21,22)/t8-,10+,11+/m0/s1. The van der Waals surface area contributed by atoms with E-state index >= 15 is 0 Å². The molecule has 0 spiro atoms. The van der Waals surface area contributed by atoms with Crippen LogP contribution in [-0.2, 0) is 9.59 Å². The maximum absolute atomic E-state index is 12.0. The zero-order valence-electron chi connectivity index (χ0n) is 11.9. The second kappa shape index (κ2) is 5.55. The molecule has 1 aromatic carbocycles. The molecule has 0 aliphatic heterocycles. The summed E-state index contributed by atoms with van der Waals surface area (Å²) in [5.74, 6) is -1.74. The number of hydrogen-bond acceptors (Lipinski definition) is 5. The number of rotatable bonds is 5. The van der Waals surface area contributed by atoms with E-state index < -0.39 is 23.8 Å². The molecule has 114 valence electrons. The second-order valence-electron chi connectivity index (χ2n) is 5.30. The van der Waals surface area contributed by atoms with Gasteiger partial charge >= 0.3 is 5.97 Å². The maximum atomic E-state index is 12.0. The summed E-state index contributed by atoms with van der Waals surface area (Å²) in [6.45, 7) is 1.77. The van der Waals surface area contributed by atoms with Crippen molar-refractivity contribution in [3.8, 4) is 5.69 Å². The summed E-state index contributed by atoms with van der Waals surface area (Å²) in [6.07, 6.45) is 0.386. The molecule has 1 saturated carbocycles. The van der Waals surface area contributed by atoms with E-state index in [1.54, 1.807) is 11.6 Å². The Labute approximate surface area is 126 Å². The molecule has 1 aliphatic rings. The van der Waals surface area contributed by atoms with Crippen LogP contribution in [-0.4, -0.2) is 37.2 Å². The van der Waals surface area contributed by atoms with E-state index in [0.717, 1.165) is 5.69 Å². The van der Waals surface area contributed by atoms with Gasteiger partial charge in [-0.1, -0.05) is 18.2 Å². The summed E-state index contributed by atoms with van der Waals surface area (Å²) >= 11 is 0. The number of hydrogen-bond donors (Lipinski definition) is 2. The molecular weight excluding hydrogens is 286 g/mol. The van der Waals surface area contributed by atoms with Gasteiger partial charge in [-0.3, -0.25) is 9.59 Å². The molecule has 2 aromatic rings. The molecule has 3 rings (SSSR count). The summed E-state index contributed by atoms with van der Waals surface area (Å²) in [7, 11) is 0. The van der Waals surface area contributed by atoms with E-state index in [1.165, 1.54) is 0 Å². The molecule has 1 amide bonds. The van der Waals surface area contributed by atoms with Crippen LogP contribution >= 0.6 is 0 Å². The number of para-hydroxylation sites is 1. The van der Waals surface area contributed by atoms with Crippen LogP contribution < -0.4 is 5.32 Å². The Hall–Kier alpha value is -2.77.